The van der Waals surface area contributed by atoms with Crippen molar-refractivity contribution in [3.8, 4) is 0 Å². The van der Waals surface area contributed by atoms with Crippen molar-refractivity contribution in [3.63, 3.8) is 0 Å². The second-order valence-electron chi connectivity index (χ2n) is 6.12. The van der Waals surface area contributed by atoms with Gasteiger partial charge in [-0.25, -0.2) is 12.7 Å². The topological polar surface area (TPSA) is 119 Å². The number of ether oxygens (including phenoxy) is 1. The number of sulfonamides is 1. The maximum Gasteiger partial charge on any atom is 0.269 e. The zero-order valence-electron chi connectivity index (χ0n) is 14.1. The summed E-state index contributed by atoms with van der Waals surface area (Å²) in [5.41, 5.74) is 0.128. The van der Waals surface area contributed by atoms with Gasteiger partial charge >= 0.3 is 0 Å². The summed E-state index contributed by atoms with van der Waals surface area (Å²) >= 11 is 1.23. The number of rotatable bonds is 5. The van der Waals surface area contributed by atoms with E-state index in [1.807, 2.05) is 0 Å². The Morgan fingerprint density at radius 3 is 2.89 bits per heavy atom. The maximum absolute atomic E-state index is 12.5. The van der Waals surface area contributed by atoms with Crippen molar-refractivity contribution in [2.45, 2.75) is 30.3 Å². The molecule has 0 aliphatic carbocycles. The first-order chi connectivity index (χ1) is 13.0. The largest absolute Gasteiger partial charge is 0.371 e. The average Bonchev–Trinajstić information content (AvgIpc) is 3.35. The number of anilines is 1. The highest BCUT2D eigenvalue weighted by Crippen LogP contribution is 2.32. The van der Waals surface area contributed by atoms with Crippen molar-refractivity contribution in [3.05, 3.63) is 34.8 Å². The smallest absolute Gasteiger partial charge is 0.269 e. The number of benzene rings is 1. The summed E-state index contributed by atoms with van der Waals surface area (Å²) in [6.45, 7) is 0.450. The van der Waals surface area contributed by atoms with Crippen molar-refractivity contribution >= 4 is 38.3 Å². The lowest BCUT2D eigenvalue weighted by atomic mass is 10.2. The molecule has 11 heteroatoms. The number of hydrogen-bond donors (Lipinski definition) is 1. The van der Waals surface area contributed by atoms with E-state index in [0.717, 1.165) is 17.1 Å². The molecule has 2 aliphatic rings. The van der Waals surface area contributed by atoms with Crippen LogP contribution in [-0.2, 0) is 19.6 Å². The van der Waals surface area contributed by atoms with E-state index in [4.69, 9.17) is 4.74 Å². The van der Waals surface area contributed by atoms with Gasteiger partial charge in [0.25, 0.3) is 15.9 Å². The molecule has 1 atom stereocenters. The summed E-state index contributed by atoms with van der Waals surface area (Å²) in [7, 11) is -3.91. The molecule has 3 heterocycles. The van der Waals surface area contributed by atoms with Crippen LogP contribution in [0, 0.1) is 0 Å². The Hall–Kier alpha value is -2.37. The molecule has 9 nitrogen and oxygen atoms in total. The van der Waals surface area contributed by atoms with Crippen LogP contribution in [-0.4, -0.2) is 47.9 Å². The van der Waals surface area contributed by atoms with Gasteiger partial charge in [-0.3, -0.25) is 9.59 Å². The zero-order valence-corrected chi connectivity index (χ0v) is 15.8. The molecule has 1 saturated heterocycles. The van der Waals surface area contributed by atoms with E-state index in [1.165, 1.54) is 23.5 Å². The van der Waals surface area contributed by atoms with E-state index < -0.39 is 21.8 Å². The summed E-state index contributed by atoms with van der Waals surface area (Å²) in [6.07, 6.45) is 1.58. The first-order valence-corrected chi connectivity index (χ1v) is 10.6. The van der Waals surface area contributed by atoms with Crippen LogP contribution in [0.25, 0.3) is 0 Å². The quantitative estimate of drug-likeness (QED) is 0.797. The maximum atomic E-state index is 12.5. The van der Waals surface area contributed by atoms with Gasteiger partial charge in [0.1, 0.15) is 16.0 Å². The van der Waals surface area contributed by atoms with Gasteiger partial charge in [0.2, 0.25) is 11.0 Å². The Morgan fingerprint density at radius 1 is 1.33 bits per heavy atom. The minimum absolute atomic E-state index is 0.0271. The number of nitrogens with one attached hydrogen (secondary N) is 1. The van der Waals surface area contributed by atoms with Crippen molar-refractivity contribution in [2.75, 3.05) is 18.5 Å². The predicted molar refractivity (Wildman–Crippen MR) is 95.7 cm³/mol. The Kier molecular flexibility index (Phi) is 4.66. The standard InChI is InChI=1S/C16H16N4O5S2/c21-13(17-16-19-18-14(26-16)11-5-3-9-25-11)7-8-20-15(22)10-4-1-2-6-12(10)27(20,23)24/h1-2,4,6,11H,3,5,7-9H2,(H,17,19,21). The number of carbonyl (C=O) groups excluding carboxylic acids is 2. The lowest BCUT2D eigenvalue weighted by Crippen LogP contribution is -2.33. The fourth-order valence-corrected chi connectivity index (χ4v) is 5.44. The molecule has 0 spiro atoms. The average molecular weight is 408 g/mol. The number of aromatic nitrogens is 2. The summed E-state index contributed by atoms with van der Waals surface area (Å²) < 4.78 is 31.2. The molecule has 2 aromatic rings. The van der Waals surface area contributed by atoms with E-state index in [1.54, 1.807) is 12.1 Å². The number of hydrogen-bond acceptors (Lipinski definition) is 8. The highest BCUT2D eigenvalue weighted by molar-refractivity contribution is 7.90. The Morgan fingerprint density at radius 2 is 2.15 bits per heavy atom. The molecule has 142 valence electrons. The third-order valence-electron chi connectivity index (χ3n) is 4.35. The van der Waals surface area contributed by atoms with Crippen molar-refractivity contribution in [2.24, 2.45) is 0 Å². The first-order valence-electron chi connectivity index (χ1n) is 8.38. The first kappa shape index (κ1) is 18.0. The van der Waals surface area contributed by atoms with Crippen LogP contribution in [0.1, 0.15) is 40.7 Å². The molecule has 1 N–H and O–H groups in total. The van der Waals surface area contributed by atoms with Gasteiger partial charge < -0.3 is 10.1 Å². The summed E-state index contributed by atoms with van der Waals surface area (Å²) in [5.74, 6) is -1.06. The van der Waals surface area contributed by atoms with Crippen LogP contribution in [0.4, 0.5) is 5.13 Å². The van der Waals surface area contributed by atoms with Crippen molar-refractivity contribution < 1.29 is 22.7 Å². The lowest BCUT2D eigenvalue weighted by molar-refractivity contribution is -0.116. The second-order valence-corrected chi connectivity index (χ2v) is 8.96. The molecular weight excluding hydrogens is 392 g/mol. The summed E-state index contributed by atoms with van der Waals surface area (Å²) in [6, 6.07) is 6.00. The van der Waals surface area contributed by atoms with Gasteiger partial charge in [0.15, 0.2) is 0 Å². The van der Waals surface area contributed by atoms with E-state index in [-0.39, 0.29) is 29.5 Å². The Balaban J connectivity index is 1.38. The number of amides is 2. The van der Waals surface area contributed by atoms with Gasteiger partial charge in [0, 0.05) is 19.6 Å². The van der Waals surface area contributed by atoms with Crippen molar-refractivity contribution in [1.82, 2.24) is 14.5 Å². The lowest BCUT2D eigenvalue weighted by Gasteiger charge is -2.14. The molecule has 1 fully saturated rings. The molecule has 0 radical (unpaired) electrons. The van der Waals surface area contributed by atoms with Crippen LogP contribution >= 0.6 is 11.3 Å². The SMILES string of the molecule is O=C(CCN1C(=O)c2ccccc2S1(=O)=O)Nc1nnc(C2CCCO2)s1. The summed E-state index contributed by atoms with van der Waals surface area (Å²) in [4.78, 5) is 24.4. The van der Waals surface area contributed by atoms with Gasteiger partial charge in [0.05, 0.1) is 5.56 Å². The van der Waals surface area contributed by atoms with Gasteiger partial charge in [-0.2, -0.15) is 0 Å². The monoisotopic (exact) mass is 408 g/mol. The highest BCUT2D eigenvalue weighted by atomic mass is 32.2. The summed E-state index contributed by atoms with van der Waals surface area (Å²) in [5, 5.41) is 11.6. The van der Waals surface area contributed by atoms with E-state index in [9.17, 15) is 18.0 Å². The molecule has 0 saturated carbocycles. The molecule has 1 unspecified atom stereocenters. The second kappa shape index (κ2) is 6.98. The number of carbonyl (C=O) groups is 2. The fourth-order valence-electron chi connectivity index (χ4n) is 3.02. The van der Waals surface area contributed by atoms with E-state index in [0.29, 0.717) is 16.7 Å². The Labute approximate surface area is 159 Å². The molecular formula is C16H16N4O5S2. The molecule has 27 heavy (non-hydrogen) atoms. The molecule has 1 aromatic carbocycles. The van der Waals surface area contributed by atoms with Crippen LogP contribution in [0.2, 0.25) is 0 Å². The van der Waals surface area contributed by atoms with Gasteiger partial charge in [-0.05, 0) is 25.0 Å². The number of fused-ring (bicyclic) bond motifs is 1. The van der Waals surface area contributed by atoms with Gasteiger partial charge in [-0.1, -0.05) is 23.5 Å². The minimum atomic E-state index is -3.91. The predicted octanol–water partition coefficient (Wildman–Crippen LogP) is 1.56. The van der Waals surface area contributed by atoms with Gasteiger partial charge in [-0.15, -0.1) is 10.2 Å². The van der Waals surface area contributed by atoms with E-state index >= 15 is 0 Å². The minimum Gasteiger partial charge on any atom is -0.371 e. The number of nitrogens with zero attached hydrogens (tertiary/aromatic N) is 3. The fraction of sp³-hybridized carbons (Fsp3) is 0.375. The molecule has 0 bridgehead atoms. The third-order valence-corrected chi connectivity index (χ3v) is 7.12. The third kappa shape index (κ3) is 3.33. The Bertz CT molecular complexity index is 998. The van der Waals surface area contributed by atoms with Crippen molar-refractivity contribution in [1.29, 1.82) is 0 Å². The normalized spacial score (nSPS) is 20.7. The molecule has 2 aliphatic heterocycles. The molecule has 4 rings (SSSR count). The van der Waals surface area contributed by atoms with Crippen LogP contribution in [0.3, 0.4) is 0 Å². The molecule has 2 amide bonds. The zero-order chi connectivity index (χ0) is 19.0. The van der Waals surface area contributed by atoms with Crippen LogP contribution in [0.15, 0.2) is 29.2 Å². The van der Waals surface area contributed by atoms with Crippen LogP contribution in [0.5, 0.6) is 0 Å². The molecule has 1 aromatic heterocycles. The highest BCUT2D eigenvalue weighted by Gasteiger charge is 2.40. The van der Waals surface area contributed by atoms with Crippen LogP contribution < -0.4 is 5.32 Å². The van der Waals surface area contributed by atoms with E-state index in [2.05, 4.69) is 15.5 Å².